The van der Waals surface area contributed by atoms with Gasteiger partial charge in [-0.3, -0.25) is 4.84 Å². The largest absolute Gasteiger partial charge is 0.489 e. The molecule has 0 spiro atoms. The van der Waals surface area contributed by atoms with Crippen molar-refractivity contribution in [1.82, 2.24) is 5.06 Å². The summed E-state index contributed by atoms with van der Waals surface area (Å²) in [7, 11) is 0. The Morgan fingerprint density at radius 2 is 1.23 bits per heavy atom. The van der Waals surface area contributed by atoms with Gasteiger partial charge in [-0.2, -0.15) is 5.06 Å². The van der Waals surface area contributed by atoms with Crippen molar-refractivity contribution in [3.8, 4) is 16.9 Å². The van der Waals surface area contributed by atoms with Gasteiger partial charge < -0.3 is 4.74 Å². The second kappa shape index (κ2) is 13.8. The fourth-order valence-corrected chi connectivity index (χ4v) is 6.44. The first-order valence-electron chi connectivity index (χ1n) is 15.6. The smallest absolute Gasteiger partial charge is 0.119 e. The predicted molar refractivity (Wildman–Crippen MR) is 169 cm³/mol. The minimum absolute atomic E-state index is 0.0121. The van der Waals surface area contributed by atoms with E-state index in [4.69, 9.17) is 9.57 Å². The van der Waals surface area contributed by atoms with Crippen LogP contribution in [0.1, 0.15) is 109 Å². The van der Waals surface area contributed by atoms with E-state index < -0.39 is 0 Å². The standard InChI is InChI=1S/C37H51NO2/c1-7-9-10-11-12-25-40-38-36(3,4)26-34(27-37(38,5)6)33-19-15-30(16-20-33)28-39-35-23-21-32(22-24-35)31-17-13-29(8-2)14-18-31/h13-24,34H,7-12,25-28H2,1-6H3. The van der Waals surface area contributed by atoms with Crippen LogP contribution in [-0.2, 0) is 17.9 Å². The third kappa shape index (κ3) is 7.98. The van der Waals surface area contributed by atoms with E-state index >= 15 is 0 Å². The van der Waals surface area contributed by atoms with Crippen LogP contribution >= 0.6 is 0 Å². The summed E-state index contributed by atoms with van der Waals surface area (Å²) >= 11 is 0. The van der Waals surface area contributed by atoms with Crippen LogP contribution in [0.15, 0.2) is 72.8 Å². The summed E-state index contributed by atoms with van der Waals surface area (Å²) in [6, 6.07) is 26.3. The Bertz CT molecular complexity index is 1140. The Hall–Kier alpha value is -2.62. The van der Waals surface area contributed by atoms with Gasteiger partial charge in [0.2, 0.25) is 0 Å². The molecule has 1 aliphatic heterocycles. The number of piperidine rings is 1. The molecule has 0 atom stereocenters. The molecule has 3 heteroatoms. The summed E-state index contributed by atoms with van der Waals surface area (Å²) in [4.78, 5) is 6.43. The van der Waals surface area contributed by atoms with Crippen molar-refractivity contribution >= 4 is 0 Å². The fraction of sp³-hybridized carbons (Fsp3) is 0.514. The Morgan fingerprint density at radius 1 is 0.675 bits per heavy atom. The number of nitrogens with zero attached hydrogens (tertiary/aromatic N) is 1. The molecule has 0 N–H and O–H groups in total. The molecular formula is C37H51NO2. The number of hydrogen-bond acceptors (Lipinski definition) is 3. The highest BCUT2D eigenvalue weighted by atomic mass is 16.7. The number of aryl methyl sites for hydroxylation is 1. The van der Waals surface area contributed by atoms with Crippen LogP contribution in [0.25, 0.3) is 11.1 Å². The first-order valence-corrected chi connectivity index (χ1v) is 15.6. The van der Waals surface area contributed by atoms with Gasteiger partial charge >= 0.3 is 0 Å². The molecule has 0 unspecified atom stereocenters. The molecule has 4 rings (SSSR count). The van der Waals surface area contributed by atoms with Gasteiger partial charge in [0, 0.05) is 11.1 Å². The zero-order valence-corrected chi connectivity index (χ0v) is 25.8. The molecule has 1 saturated heterocycles. The quantitative estimate of drug-likeness (QED) is 0.201. The number of rotatable bonds is 13. The summed E-state index contributed by atoms with van der Waals surface area (Å²) in [5.41, 5.74) is 6.42. The molecule has 1 heterocycles. The third-order valence-corrected chi connectivity index (χ3v) is 8.47. The van der Waals surface area contributed by atoms with Crippen molar-refractivity contribution in [2.45, 2.75) is 117 Å². The molecule has 0 aliphatic carbocycles. The molecule has 1 aliphatic rings. The first-order chi connectivity index (χ1) is 19.2. The summed E-state index contributed by atoms with van der Waals surface area (Å²) < 4.78 is 6.13. The van der Waals surface area contributed by atoms with E-state index in [1.165, 1.54) is 53.5 Å². The molecule has 0 radical (unpaired) electrons. The molecule has 3 nitrogen and oxygen atoms in total. The highest BCUT2D eigenvalue weighted by Crippen LogP contribution is 2.45. The minimum Gasteiger partial charge on any atom is -0.489 e. The Labute approximate surface area is 243 Å². The number of ether oxygens (including phenoxy) is 1. The normalized spacial score (nSPS) is 17.1. The number of benzene rings is 3. The molecule has 3 aromatic carbocycles. The third-order valence-electron chi connectivity index (χ3n) is 8.47. The average molecular weight is 542 g/mol. The van der Waals surface area contributed by atoms with Crippen LogP contribution in [0, 0.1) is 0 Å². The predicted octanol–water partition coefficient (Wildman–Crippen LogP) is 10.1. The molecule has 216 valence electrons. The van der Waals surface area contributed by atoms with Crippen LogP contribution < -0.4 is 4.74 Å². The Kier molecular flexibility index (Phi) is 10.5. The SMILES string of the molecule is CCCCCCCON1C(C)(C)CC(c2ccc(COc3ccc(-c4ccc(CC)cc4)cc3)cc2)CC1(C)C. The molecule has 1 fully saturated rings. The van der Waals surface area contributed by atoms with Crippen LogP contribution in [0.4, 0.5) is 0 Å². The lowest BCUT2D eigenvalue weighted by Gasteiger charge is -2.54. The van der Waals surface area contributed by atoms with Crippen molar-refractivity contribution in [2.24, 2.45) is 0 Å². The average Bonchev–Trinajstić information content (AvgIpc) is 2.95. The lowest BCUT2D eigenvalue weighted by Crippen LogP contribution is -2.59. The highest BCUT2D eigenvalue weighted by Gasteiger charge is 2.46. The minimum atomic E-state index is -0.0121. The maximum Gasteiger partial charge on any atom is 0.119 e. The van der Waals surface area contributed by atoms with Crippen molar-refractivity contribution in [2.75, 3.05) is 6.61 Å². The van der Waals surface area contributed by atoms with Gasteiger partial charge in [0.1, 0.15) is 12.4 Å². The van der Waals surface area contributed by atoms with Crippen LogP contribution in [-0.4, -0.2) is 22.7 Å². The zero-order valence-electron chi connectivity index (χ0n) is 25.8. The fourth-order valence-electron chi connectivity index (χ4n) is 6.44. The second-order valence-corrected chi connectivity index (χ2v) is 12.9. The molecule has 3 aromatic rings. The molecule has 0 bridgehead atoms. The number of hydrogen-bond donors (Lipinski definition) is 0. The number of unbranched alkanes of at least 4 members (excludes halogenated alkanes) is 4. The van der Waals surface area contributed by atoms with E-state index in [0.717, 1.165) is 38.0 Å². The molecule has 0 aromatic heterocycles. The summed E-state index contributed by atoms with van der Waals surface area (Å²) in [5, 5.41) is 2.31. The van der Waals surface area contributed by atoms with Crippen LogP contribution in [0.2, 0.25) is 0 Å². The molecule has 0 amide bonds. The van der Waals surface area contributed by atoms with Crippen LogP contribution in [0.5, 0.6) is 5.75 Å². The van der Waals surface area contributed by atoms with Crippen LogP contribution in [0.3, 0.4) is 0 Å². The maximum absolute atomic E-state index is 6.43. The number of hydroxylamine groups is 2. The van der Waals surface area contributed by atoms with E-state index in [-0.39, 0.29) is 11.1 Å². The molecular weight excluding hydrogens is 490 g/mol. The maximum atomic E-state index is 6.43. The van der Waals surface area contributed by atoms with Gasteiger partial charge in [0.15, 0.2) is 0 Å². The van der Waals surface area contributed by atoms with Gasteiger partial charge in [0.05, 0.1) is 6.61 Å². The monoisotopic (exact) mass is 541 g/mol. The highest BCUT2D eigenvalue weighted by molar-refractivity contribution is 5.64. The zero-order chi connectivity index (χ0) is 28.6. The lowest BCUT2D eigenvalue weighted by atomic mass is 9.72. The second-order valence-electron chi connectivity index (χ2n) is 12.9. The van der Waals surface area contributed by atoms with Crippen molar-refractivity contribution in [3.63, 3.8) is 0 Å². The lowest BCUT2D eigenvalue weighted by molar-refractivity contribution is -0.283. The van der Waals surface area contributed by atoms with E-state index in [2.05, 4.69) is 119 Å². The van der Waals surface area contributed by atoms with Gasteiger partial charge in [-0.05, 0) is 99.2 Å². The van der Waals surface area contributed by atoms with Crippen molar-refractivity contribution in [3.05, 3.63) is 89.5 Å². The van der Waals surface area contributed by atoms with E-state index in [1.54, 1.807) is 0 Å². The molecule has 40 heavy (non-hydrogen) atoms. The van der Waals surface area contributed by atoms with Gasteiger partial charge in [-0.25, -0.2) is 0 Å². The van der Waals surface area contributed by atoms with Gasteiger partial charge in [-0.15, -0.1) is 0 Å². The summed E-state index contributed by atoms with van der Waals surface area (Å²) in [5.74, 6) is 1.42. The molecule has 0 saturated carbocycles. The van der Waals surface area contributed by atoms with Gasteiger partial charge in [0.25, 0.3) is 0 Å². The summed E-state index contributed by atoms with van der Waals surface area (Å²) in [6.07, 6.45) is 9.59. The summed E-state index contributed by atoms with van der Waals surface area (Å²) in [6.45, 7) is 15.2. The van der Waals surface area contributed by atoms with E-state index in [1.807, 2.05) is 0 Å². The van der Waals surface area contributed by atoms with Gasteiger partial charge in [-0.1, -0.05) is 100 Å². The van der Waals surface area contributed by atoms with E-state index in [0.29, 0.717) is 12.5 Å². The Morgan fingerprint density at radius 3 is 1.80 bits per heavy atom. The van der Waals surface area contributed by atoms with Crippen molar-refractivity contribution < 1.29 is 9.57 Å². The first kappa shape index (κ1) is 30.3. The topological polar surface area (TPSA) is 21.7 Å². The Balaban J connectivity index is 1.30. The van der Waals surface area contributed by atoms with Crippen molar-refractivity contribution in [1.29, 1.82) is 0 Å². The van der Waals surface area contributed by atoms with E-state index in [9.17, 15) is 0 Å².